The third-order valence-electron chi connectivity index (χ3n) is 3.13. The number of nitrogens with zero attached hydrogens (tertiary/aromatic N) is 1. The molecule has 80 valence electrons. The molecule has 0 aromatic heterocycles. The summed E-state index contributed by atoms with van der Waals surface area (Å²) in [6.07, 6.45) is 1.67. The molecule has 1 rings (SSSR count). The van der Waals surface area contributed by atoms with E-state index in [1.54, 1.807) is 14.0 Å². The highest BCUT2D eigenvalue weighted by atomic mass is 16.4. The predicted molar refractivity (Wildman–Crippen MR) is 49.1 cm³/mol. The van der Waals surface area contributed by atoms with Crippen molar-refractivity contribution in [2.75, 3.05) is 7.05 Å². The van der Waals surface area contributed by atoms with Crippen LogP contribution in [0.25, 0.3) is 0 Å². The molecular formula is C9H15NO4. The molecule has 1 aliphatic rings. The second kappa shape index (κ2) is 3.57. The van der Waals surface area contributed by atoms with Crippen molar-refractivity contribution in [3.63, 3.8) is 0 Å². The molecule has 5 heteroatoms. The van der Waals surface area contributed by atoms with Crippen LogP contribution in [-0.2, 0) is 9.59 Å². The third kappa shape index (κ3) is 1.59. The van der Waals surface area contributed by atoms with Crippen molar-refractivity contribution < 1.29 is 19.8 Å². The Morgan fingerprint density at radius 3 is 2.43 bits per heavy atom. The lowest BCUT2D eigenvalue weighted by molar-refractivity contribution is -0.160. The van der Waals surface area contributed by atoms with Crippen molar-refractivity contribution >= 4 is 11.9 Å². The van der Waals surface area contributed by atoms with Crippen LogP contribution in [0.15, 0.2) is 0 Å². The van der Waals surface area contributed by atoms with Crippen LogP contribution >= 0.6 is 0 Å². The summed E-state index contributed by atoms with van der Waals surface area (Å²) in [4.78, 5) is 23.3. The highest BCUT2D eigenvalue weighted by Crippen LogP contribution is 2.30. The van der Waals surface area contributed by atoms with E-state index in [4.69, 9.17) is 10.2 Å². The van der Waals surface area contributed by atoms with Crippen molar-refractivity contribution in [3.05, 3.63) is 0 Å². The monoisotopic (exact) mass is 201 g/mol. The summed E-state index contributed by atoms with van der Waals surface area (Å²) in [5.74, 6) is -1.90. The van der Waals surface area contributed by atoms with Crippen LogP contribution in [0, 0.1) is 0 Å². The average molecular weight is 201 g/mol. The predicted octanol–water partition coefficient (Wildman–Crippen LogP) is 0.399. The van der Waals surface area contributed by atoms with Crippen molar-refractivity contribution in [1.29, 1.82) is 0 Å². The highest BCUT2D eigenvalue weighted by molar-refractivity contribution is 5.81. The molecule has 0 amide bonds. The fourth-order valence-electron chi connectivity index (χ4n) is 1.90. The van der Waals surface area contributed by atoms with Gasteiger partial charge in [0.2, 0.25) is 0 Å². The number of hydrogen-bond donors (Lipinski definition) is 2. The van der Waals surface area contributed by atoms with Gasteiger partial charge in [-0.2, -0.15) is 0 Å². The molecule has 1 aliphatic heterocycles. The van der Waals surface area contributed by atoms with E-state index in [9.17, 15) is 9.59 Å². The fraction of sp³-hybridized carbons (Fsp3) is 0.778. The maximum atomic E-state index is 11.0. The van der Waals surface area contributed by atoms with Crippen molar-refractivity contribution in [3.8, 4) is 0 Å². The summed E-state index contributed by atoms with van der Waals surface area (Å²) in [6, 6.07) is -0.676. The maximum absolute atomic E-state index is 11.0. The summed E-state index contributed by atoms with van der Waals surface area (Å²) < 4.78 is 0. The molecule has 0 aliphatic carbocycles. The molecule has 0 bridgehead atoms. The van der Waals surface area contributed by atoms with Crippen LogP contribution in [0.3, 0.4) is 0 Å². The first-order chi connectivity index (χ1) is 6.39. The standard InChI is InChI=1S/C9H15NO4/c1-9(8(13)14)5-3-4-6(7(11)12)10(9)2/h6H,3-5H2,1-2H3,(H,11,12)(H,13,14). The van der Waals surface area contributed by atoms with Gasteiger partial charge in [-0.15, -0.1) is 0 Å². The molecule has 1 fully saturated rings. The Bertz CT molecular complexity index is 266. The Morgan fingerprint density at radius 1 is 1.43 bits per heavy atom. The van der Waals surface area contributed by atoms with Crippen LogP contribution in [0.2, 0.25) is 0 Å². The van der Waals surface area contributed by atoms with Crippen molar-refractivity contribution in [2.45, 2.75) is 37.8 Å². The quantitative estimate of drug-likeness (QED) is 0.676. The summed E-state index contributed by atoms with van der Waals surface area (Å²) in [5.41, 5.74) is -1.04. The molecule has 0 aromatic rings. The highest BCUT2D eigenvalue weighted by Gasteiger charge is 2.45. The number of carboxylic acids is 2. The zero-order valence-electron chi connectivity index (χ0n) is 8.36. The SMILES string of the molecule is CN1C(C(=O)O)CCCC1(C)C(=O)O. The Hall–Kier alpha value is -1.10. The molecule has 2 atom stereocenters. The van der Waals surface area contributed by atoms with Gasteiger partial charge in [-0.25, -0.2) is 0 Å². The molecule has 5 nitrogen and oxygen atoms in total. The number of likely N-dealkylation sites (N-methyl/N-ethyl adjacent to an activating group) is 1. The Morgan fingerprint density at radius 2 is 2.00 bits per heavy atom. The molecular weight excluding hydrogens is 186 g/mol. The van der Waals surface area contributed by atoms with Crippen LogP contribution in [0.1, 0.15) is 26.2 Å². The van der Waals surface area contributed by atoms with Gasteiger partial charge in [0.25, 0.3) is 0 Å². The zero-order chi connectivity index (χ0) is 10.9. The minimum absolute atomic E-state index is 0.503. The molecule has 0 saturated carbocycles. The van der Waals surface area contributed by atoms with Gasteiger partial charge in [0.15, 0.2) is 0 Å². The van der Waals surface area contributed by atoms with E-state index in [-0.39, 0.29) is 0 Å². The third-order valence-corrected chi connectivity index (χ3v) is 3.13. The fourth-order valence-corrected chi connectivity index (χ4v) is 1.90. The Labute approximate surface area is 82.3 Å². The number of piperidine rings is 1. The first-order valence-corrected chi connectivity index (χ1v) is 4.58. The van der Waals surface area contributed by atoms with Gasteiger partial charge in [-0.3, -0.25) is 14.5 Å². The van der Waals surface area contributed by atoms with Crippen LogP contribution in [0.5, 0.6) is 0 Å². The van der Waals surface area contributed by atoms with Crippen LogP contribution < -0.4 is 0 Å². The molecule has 2 N–H and O–H groups in total. The lowest BCUT2D eigenvalue weighted by Crippen LogP contribution is -2.59. The van der Waals surface area contributed by atoms with E-state index in [2.05, 4.69) is 0 Å². The molecule has 2 unspecified atom stereocenters. The molecule has 1 saturated heterocycles. The van der Waals surface area contributed by atoms with Gasteiger partial charge < -0.3 is 10.2 Å². The second-order valence-corrected chi connectivity index (χ2v) is 3.94. The number of aliphatic carboxylic acids is 2. The van der Waals surface area contributed by atoms with Gasteiger partial charge in [0.05, 0.1) is 0 Å². The van der Waals surface area contributed by atoms with Gasteiger partial charge in [0, 0.05) is 0 Å². The topological polar surface area (TPSA) is 77.8 Å². The summed E-state index contributed by atoms with van der Waals surface area (Å²) >= 11 is 0. The lowest BCUT2D eigenvalue weighted by Gasteiger charge is -2.42. The number of likely N-dealkylation sites (tertiary alicyclic amines) is 1. The van der Waals surface area contributed by atoms with Crippen molar-refractivity contribution in [1.82, 2.24) is 4.90 Å². The maximum Gasteiger partial charge on any atom is 0.323 e. The molecule has 14 heavy (non-hydrogen) atoms. The Kier molecular flexibility index (Phi) is 2.80. The number of hydrogen-bond acceptors (Lipinski definition) is 3. The van der Waals surface area contributed by atoms with E-state index in [0.717, 1.165) is 0 Å². The molecule has 0 radical (unpaired) electrons. The van der Waals surface area contributed by atoms with Crippen LogP contribution in [0.4, 0.5) is 0 Å². The van der Waals surface area contributed by atoms with Gasteiger partial charge in [-0.05, 0) is 33.2 Å². The first-order valence-electron chi connectivity index (χ1n) is 4.58. The van der Waals surface area contributed by atoms with E-state index in [1.165, 1.54) is 4.90 Å². The van der Waals surface area contributed by atoms with Crippen molar-refractivity contribution in [2.24, 2.45) is 0 Å². The van der Waals surface area contributed by atoms with E-state index in [0.29, 0.717) is 19.3 Å². The number of carboxylic acid groups (broad SMARTS) is 2. The lowest BCUT2D eigenvalue weighted by atomic mass is 9.85. The van der Waals surface area contributed by atoms with E-state index >= 15 is 0 Å². The van der Waals surface area contributed by atoms with Crippen LogP contribution in [-0.4, -0.2) is 45.7 Å². The minimum atomic E-state index is -1.04. The normalized spacial score (nSPS) is 34.0. The van der Waals surface area contributed by atoms with E-state index < -0.39 is 23.5 Å². The zero-order valence-corrected chi connectivity index (χ0v) is 8.36. The minimum Gasteiger partial charge on any atom is -0.480 e. The van der Waals surface area contributed by atoms with Gasteiger partial charge in [-0.1, -0.05) is 0 Å². The summed E-state index contributed by atoms with van der Waals surface area (Å²) in [7, 11) is 1.56. The van der Waals surface area contributed by atoms with Gasteiger partial charge >= 0.3 is 11.9 Å². The second-order valence-electron chi connectivity index (χ2n) is 3.94. The summed E-state index contributed by atoms with van der Waals surface area (Å²) in [5, 5.41) is 17.9. The van der Waals surface area contributed by atoms with E-state index in [1.807, 2.05) is 0 Å². The Balaban J connectivity index is 2.90. The molecule has 0 spiro atoms. The largest absolute Gasteiger partial charge is 0.480 e. The molecule has 0 aromatic carbocycles. The number of rotatable bonds is 2. The smallest absolute Gasteiger partial charge is 0.323 e. The number of carbonyl (C=O) groups is 2. The first kappa shape index (κ1) is 11.0. The molecule has 1 heterocycles. The summed E-state index contributed by atoms with van der Waals surface area (Å²) in [6.45, 7) is 1.57. The average Bonchev–Trinajstić information content (AvgIpc) is 2.09. The van der Waals surface area contributed by atoms with Gasteiger partial charge in [0.1, 0.15) is 11.6 Å².